The molecule has 5 nitrogen and oxygen atoms in total. The average Bonchev–Trinajstić information content (AvgIpc) is 2.89. The van der Waals surface area contributed by atoms with Crippen LogP contribution in [-0.4, -0.2) is 21.5 Å². The van der Waals surface area contributed by atoms with E-state index in [0.717, 1.165) is 24.8 Å². The Morgan fingerprint density at radius 2 is 2.13 bits per heavy atom. The minimum absolute atomic E-state index is 0.0395. The van der Waals surface area contributed by atoms with E-state index in [4.69, 9.17) is 0 Å². The van der Waals surface area contributed by atoms with Gasteiger partial charge in [-0.2, -0.15) is 0 Å². The highest BCUT2D eigenvalue weighted by Crippen LogP contribution is 2.27. The van der Waals surface area contributed by atoms with Crippen LogP contribution in [0.25, 0.3) is 10.2 Å². The highest BCUT2D eigenvalue weighted by molar-refractivity contribution is 7.20. The van der Waals surface area contributed by atoms with Crippen LogP contribution in [0.3, 0.4) is 0 Å². The van der Waals surface area contributed by atoms with Crippen LogP contribution in [0.1, 0.15) is 60.7 Å². The first kappa shape index (κ1) is 16.2. The van der Waals surface area contributed by atoms with Crippen molar-refractivity contribution in [1.82, 2.24) is 14.9 Å². The van der Waals surface area contributed by atoms with E-state index in [2.05, 4.69) is 10.3 Å². The molecular weight excluding hydrogens is 310 g/mol. The molecule has 1 fully saturated rings. The topological polar surface area (TPSA) is 64.0 Å². The zero-order chi connectivity index (χ0) is 16.4. The van der Waals surface area contributed by atoms with Gasteiger partial charge in [-0.15, -0.1) is 11.3 Å². The van der Waals surface area contributed by atoms with Crippen LogP contribution in [0.15, 0.2) is 11.1 Å². The first-order valence-corrected chi connectivity index (χ1v) is 9.23. The smallest absolute Gasteiger partial charge is 0.262 e. The summed E-state index contributed by atoms with van der Waals surface area (Å²) in [4.78, 5) is 30.8. The highest BCUT2D eigenvalue weighted by atomic mass is 32.1. The molecule has 6 heteroatoms. The standard InChI is InChI=1S/C17H23N3O2S/c1-3-9-20-10-18-16-13(17(20)22)11(2)14(23-16)15(21)19-12-7-5-4-6-8-12/h10,12H,3-9H2,1-2H3,(H,19,21). The minimum atomic E-state index is -0.0566. The van der Waals surface area contributed by atoms with Crippen LogP contribution < -0.4 is 10.9 Å². The van der Waals surface area contributed by atoms with E-state index in [-0.39, 0.29) is 17.5 Å². The lowest BCUT2D eigenvalue weighted by molar-refractivity contribution is 0.0931. The Labute approximate surface area is 139 Å². The van der Waals surface area contributed by atoms with Crippen molar-refractivity contribution in [2.75, 3.05) is 0 Å². The number of aryl methyl sites for hydroxylation is 2. The Bertz CT molecular complexity index is 772. The number of fused-ring (bicyclic) bond motifs is 1. The van der Waals surface area contributed by atoms with Gasteiger partial charge < -0.3 is 5.32 Å². The van der Waals surface area contributed by atoms with Gasteiger partial charge in [0.1, 0.15) is 4.83 Å². The lowest BCUT2D eigenvalue weighted by atomic mass is 9.95. The van der Waals surface area contributed by atoms with Crippen LogP contribution in [0.4, 0.5) is 0 Å². The zero-order valence-electron chi connectivity index (χ0n) is 13.7. The number of aromatic nitrogens is 2. The predicted octanol–water partition coefficient (Wildman–Crippen LogP) is 3.24. The number of thiophene rings is 1. The summed E-state index contributed by atoms with van der Waals surface area (Å²) in [5.41, 5.74) is 0.726. The van der Waals surface area contributed by atoms with Crippen molar-refractivity contribution in [2.45, 2.75) is 65.0 Å². The summed E-state index contributed by atoms with van der Waals surface area (Å²) in [5.74, 6) is -0.0566. The molecule has 1 saturated carbocycles. The Kier molecular flexibility index (Phi) is 4.80. The molecule has 0 spiro atoms. The summed E-state index contributed by atoms with van der Waals surface area (Å²) in [6.45, 7) is 4.54. The van der Waals surface area contributed by atoms with E-state index >= 15 is 0 Å². The fraction of sp³-hybridized carbons (Fsp3) is 0.588. The third-order valence-corrected chi connectivity index (χ3v) is 5.73. The molecule has 1 N–H and O–H groups in total. The van der Waals surface area contributed by atoms with Gasteiger partial charge in [-0.1, -0.05) is 26.2 Å². The lowest BCUT2D eigenvalue weighted by Gasteiger charge is -2.22. The van der Waals surface area contributed by atoms with Gasteiger partial charge in [0.05, 0.1) is 16.6 Å². The summed E-state index contributed by atoms with van der Waals surface area (Å²) >= 11 is 1.33. The number of rotatable bonds is 4. The third-order valence-electron chi connectivity index (χ3n) is 4.53. The fourth-order valence-electron chi connectivity index (χ4n) is 3.27. The Morgan fingerprint density at radius 1 is 1.39 bits per heavy atom. The van der Waals surface area contributed by atoms with E-state index in [1.807, 2.05) is 13.8 Å². The second kappa shape index (κ2) is 6.83. The Balaban J connectivity index is 1.92. The lowest BCUT2D eigenvalue weighted by Crippen LogP contribution is -2.36. The molecule has 0 aliphatic heterocycles. The van der Waals surface area contributed by atoms with Crippen molar-refractivity contribution in [1.29, 1.82) is 0 Å². The quantitative estimate of drug-likeness (QED) is 0.934. The first-order chi connectivity index (χ1) is 11.1. The van der Waals surface area contributed by atoms with E-state index in [1.54, 1.807) is 10.9 Å². The summed E-state index contributed by atoms with van der Waals surface area (Å²) in [5, 5.41) is 3.73. The molecule has 2 heterocycles. The number of carbonyl (C=O) groups excluding carboxylic acids is 1. The van der Waals surface area contributed by atoms with Gasteiger partial charge in [0.15, 0.2) is 0 Å². The molecular formula is C17H23N3O2S. The number of carbonyl (C=O) groups is 1. The van der Waals surface area contributed by atoms with Gasteiger partial charge in [0.2, 0.25) is 0 Å². The Hall–Kier alpha value is -1.69. The average molecular weight is 333 g/mol. The van der Waals surface area contributed by atoms with E-state index in [0.29, 0.717) is 21.6 Å². The van der Waals surface area contributed by atoms with Crippen molar-refractivity contribution in [3.05, 3.63) is 27.1 Å². The second-order valence-electron chi connectivity index (χ2n) is 6.29. The minimum Gasteiger partial charge on any atom is -0.349 e. The number of hydrogen-bond acceptors (Lipinski definition) is 4. The van der Waals surface area contributed by atoms with Crippen LogP contribution in [0, 0.1) is 6.92 Å². The summed E-state index contributed by atoms with van der Waals surface area (Å²) in [7, 11) is 0. The fourth-order valence-corrected chi connectivity index (χ4v) is 4.32. The van der Waals surface area contributed by atoms with Gasteiger partial charge in [-0.25, -0.2) is 4.98 Å². The summed E-state index contributed by atoms with van der Waals surface area (Å²) < 4.78 is 1.63. The molecule has 1 amide bonds. The van der Waals surface area contributed by atoms with Gasteiger partial charge in [0, 0.05) is 12.6 Å². The monoisotopic (exact) mass is 333 g/mol. The van der Waals surface area contributed by atoms with Gasteiger partial charge in [-0.3, -0.25) is 14.2 Å². The molecule has 0 bridgehead atoms. The van der Waals surface area contributed by atoms with Gasteiger partial charge >= 0.3 is 0 Å². The SMILES string of the molecule is CCCn1cnc2sc(C(=O)NC3CCCCC3)c(C)c2c1=O. The zero-order valence-corrected chi connectivity index (χ0v) is 14.5. The van der Waals surface area contributed by atoms with Crippen molar-refractivity contribution < 1.29 is 4.79 Å². The maximum Gasteiger partial charge on any atom is 0.262 e. The molecule has 3 rings (SSSR count). The molecule has 0 aromatic carbocycles. The largest absolute Gasteiger partial charge is 0.349 e. The van der Waals surface area contributed by atoms with Crippen LogP contribution in [-0.2, 0) is 6.54 Å². The highest BCUT2D eigenvalue weighted by Gasteiger charge is 2.22. The Morgan fingerprint density at radius 3 is 2.83 bits per heavy atom. The molecule has 1 aliphatic rings. The van der Waals surface area contributed by atoms with E-state index in [1.165, 1.54) is 30.6 Å². The van der Waals surface area contributed by atoms with E-state index in [9.17, 15) is 9.59 Å². The number of nitrogens with zero attached hydrogens (tertiary/aromatic N) is 2. The maximum atomic E-state index is 12.6. The van der Waals surface area contributed by atoms with Crippen molar-refractivity contribution in [3.8, 4) is 0 Å². The van der Waals surface area contributed by atoms with Crippen LogP contribution >= 0.6 is 11.3 Å². The molecule has 0 saturated heterocycles. The molecule has 2 aromatic rings. The molecule has 0 atom stereocenters. The van der Waals surface area contributed by atoms with Crippen molar-refractivity contribution >= 4 is 27.5 Å². The maximum absolute atomic E-state index is 12.6. The van der Waals surface area contributed by atoms with Crippen molar-refractivity contribution in [2.24, 2.45) is 0 Å². The third kappa shape index (κ3) is 3.17. The number of nitrogens with one attached hydrogen (secondary N) is 1. The molecule has 23 heavy (non-hydrogen) atoms. The molecule has 124 valence electrons. The van der Waals surface area contributed by atoms with Crippen molar-refractivity contribution in [3.63, 3.8) is 0 Å². The van der Waals surface area contributed by atoms with Gasteiger partial charge in [-0.05, 0) is 31.7 Å². The molecule has 1 aliphatic carbocycles. The first-order valence-electron chi connectivity index (χ1n) is 8.41. The van der Waals surface area contributed by atoms with Crippen LogP contribution in [0.5, 0.6) is 0 Å². The number of amides is 1. The normalized spacial score (nSPS) is 15.9. The van der Waals surface area contributed by atoms with Crippen LogP contribution in [0.2, 0.25) is 0 Å². The second-order valence-corrected chi connectivity index (χ2v) is 7.29. The number of hydrogen-bond donors (Lipinski definition) is 1. The molecule has 0 radical (unpaired) electrons. The molecule has 2 aromatic heterocycles. The summed E-state index contributed by atoms with van der Waals surface area (Å²) in [6.07, 6.45) is 8.20. The predicted molar refractivity (Wildman–Crippen MR) is 93.2 cm³/mol. The van der Waals surface area contributed by atoms with Gasteiger partial charge in [0.25, 0.3) is 11.5 Å². The molecule has 0 unspecified atom stereocenters. The van der Waals surface area contributed by atoms with E-state index < -0.39 is 0 Å². The summed E-state index contributed by atoms with van der Waals surface area (Å²) in [6, 6.07) is 0.269.